The Kier molecular flexibility index (Phi) is 4.89. The number of benzene rings is 2. The van der Waals surface area contributed by atoms with E-state index in [4.69, 9.17) is 14.3 Å². The second-order valence-electron chi connectivity index (χ2n) is 5.58. The summed E-state index contributed by atoms with van der Waals surface area (Å²) in [4.78, 5) is 17.5. The number of methoxy groups -OCH3 is 2. The molecule has 2 aromatic carbocycles. The highest BCUT2D eigenvalue weighted by Crippen LogP contribution is 2.40. The third kappa shape index (κ3) is 3.05. The molecule has 2 aromatic rings. The lowest BCUT2D eigenvalue weighted by Gasteiger charge is -2.29. The molecule has 3 rings (SSSR count). The Morgan fingerprint density at radius 3 is 2.58 bits per heavy atom. The van der Waals surface area contributed by atoms with Gasteiger partial charge in [-0.1, -0.05) is 40.2 Å². The zero-order valence-electron chi connectivity index (χ0n) is 13.4. The van der Waals surface area contributed by atoms with Crippen molar-refractivity contribution >= 4 is 21.9 Å². The van der Waals surface area contributed by atoms with Crippen molar-refractivity contribution in [3.8, 4) is 5.75 Å². The molecule has 5 nitrogen and oxygen atoms in total. The molecule has 1 aliphatic heterocycles. The molecule has 1 saturated heterocycles. The van der Waals surface area contributed by atoms with E-state index in [1.807, 2.05) is 48.5 Å². The summed E-state index contributed by atoms with van der Waals surface area (Å²) >= 11 is 3.51. The lowest BCUT2D eigenvalue weighted by molar-refractivity contribution is -0.154. The average molecular weight is 392 g/mol. The summed E-state index contributed by atoms with van der Waals surface area (Å²) in [5.41, 5.74) is 4.40. The normalized spacial score (nSPS) is 23.0. The largest absolute Gasteiger partial charge is 0.497 e. The first kappa shape index (κ1) is 17.0. The van der Waals surface area contributed by atoms with Gasteiger partial charge in [0.2, 0.25) is 0 Å². The van der Waals surface area contributed by atoms with E-state index in [-0.39, 0.29) is 0 Å². The fourth-order valence-electron chi connectivity index (χ4n) is 2.95. The maximum Gasteiger partial charge on any atom is 0.337 e. The first-order valence-corrected chi connectivity index (χ1v) is 8.29. The molecule has 126 valence electrons. The monoisotopic (exact) mass is 391 g/mol. The van der Waals surface area contributed by atoms with Crippen molar-refractivity contribution in [2.75, 3.05) is 14.2 Å². The summed E-state index contributed by atoms with van der Waals surface area (Å²) in [5.74, 6) is 0.374. The van der Waals surface area contributed by atoms with Crippen LogP contribution in [0.5, 0.6) is 5.75 Å². The van der Waals surface area contributed by atoms with Gasteiger partial charge in [0.15, 0.2) is 6.10 Å². The third-order valence-electron chi connectivity index (χ3n) is 4.23. The minimum absolute atomic E-state index is 0.395. The second-order valence-corrected chi connectivity index (χ2v) is 6.50. The van der Waals surface area contributed by atoms with Crippen LogP contribution in [0.4, 0.5) is 0 Å². The topological polar surface area (TPSA) is 56.8 Å². The van der Waals surface area contributed by atoms with E-state index in [2.05, 4.69) is 21.4 Å². The highest BCUT2D eigenvalue weighted by molar-refractivity contribution is 9.10. The van der Waals surface area contributed by atoms with Gasteiger partial charge in [-0.15, -0.1) is 0 Å². The van der Waals surface area contributed by atoms with Gasteiger partial charge in [-0.3, -0.25) is 4.84 Å². The van der Waals surface area contributed by atoms with Crippen LogP contribution >= 0.6 is 15.9 Å². The van der Waals surface area contributed by atoms with Crippen LogP contribution in [0.25, 0.3) is 0 Å². The highest BCUT2D eigenvalue weighted by atomic mass is 79.9. The Hall–Kier alpha value is -1.89. The SMILES string of the molecule is COC(=O)C1CC(c2ccc(OC)cc2)(c2cccc(Br)c2)NO1. The lowest BCUT2D eigenvalue weighted by atomic mass is 9.80. The Morgan fingerprint density at radius 2 is 1.96 bits per heavy atom. The molecule has 0 radical (unpaired) electrons. The van der Waals surface area contributed by atoms with Crippen molar-refractivity contribution in [1.29, 1.82) is 0 Å². The summed E-state index contributed by atoms with van der Waals surface area (Å²) in [5, 5.41) is 0. The molecular weight excluding hydrogens is 374 g/mol. The number of hydrogen-bond acceptors (Lipinski definition) is 5. The number of ether oxygens (including phenoxy) is 2. The van der Waals surface area contributed by atoms with E-state index >= 15 is 0 Å². The Morgan fingerprint density at radius 1 is 1.21 bits per heavy atom. The van der Waals surface area contributed by atoms with Gasteiger partial charge < -0.3 is 9.47 Å². The maximum atomic E-state index is 11.9. The fraction of sp³-hybridized carbons (Fsp3) is 0.278. The predicted octanol–water partition coefficient (Wildman–Crippen LogP) is 3.17. The number of rotatable bonds is 4. The van der Waals surface area contributed by atoms with Gasteiger partial charge in [-0.25, -0.2) is 4.79 Å². The third-order valence-corrected chi connectivity index (χ3v) is 4.72. The number of halogens is 1. The van der Waals surface area contributed by atoms with Gasteiger partial charge in [-0.05, 0) is 35.4 Å². The average Bonchev–Trinajstić information content (AvgIpc) is 3.08. The molecule has 0 aliphatic carbocycles. The summed E-state index contributed by atoms with van der Waals surface area (Å²) in [6.07, 6.45) is -0.237. The van der Waals surface area contributed by atoms with Crippen LogP contribution in [-0.2, 0) is 19.9 Å². The van der Waals surface area contributed by atoms with Crippen molar-refractivity contribution < 1.29 is 19.1 Å². The first-order valence-electron chi connectivity index (χ1n) is 7.50. The molecule has 0 bridgehead atoms. The lowest BCUT2D eigenvalue weighted by Crippen LogP contribution is -2.37. The number of carbonyl (C=O) groups excluding carboxylic acids is 1. The summed E-state index contributed by atoms with van der Waals surface area (Å²) in [6.45, 7) is 0. The minimum atomic E-state index is -0.670. The van der Waals surface area contributed by atoms with Gasteiger partial charge in [0, 0.05) is 10.9 Å². The first-order chi connectivity index (χ1) is 11.6. The van der Waals surface area contributed by atoms with Crippen LogP contribution < -0.4 is 10.2 Å². The van der Waals surface area contributed by atoms with E-state index in [1.165, 1.54) is 7.11 Å². The molecule has 2 unspecified atom stereocenters. The van der Waals surface area contributed by atoms with E-state index < -0.39 is 17.6 Å². The van der Waals surface area contributed by atoms with Crippen LogP contribution in [-0.4, -0.2) is 26.3 Å². The molecule has 2 atom stereocenters. The molecule has 0 saturated carbocycles. The summed E-state index contributed by atoms with van der Waals surface area (Å²) < 4.78 is 11.0. The molecule has 6 heteroatoms. The Bertz CT molecular complexity index is 734. The van der Waals surface area contributed by atoms with Crippen molar-refractivity contribution in [1.82, 2.24) is 5.48 Å². The summed E-state index contributed by atoms with van der Waals surface area (Å²) in [6, 6.07) is 15.7. The molecule has 0 spiro atoms. The predicted molar refractivity (Wildman–Crippen MR) is 92.6 cm³/mol. The number of hydrogen-bond donors (Lipinski definition) is 1. The minimum Gasteiger partial charge on any atom is -0.497 e. The van der Waals surface area contributed by atoms with Crippen LogP contribution in [0, 0.1) is 0 Å². The summed E-state index contributed by atoms with van der Waals surface area (Å²) in [7, 11) is 2.99. The maximum absolute atomic E-state index is 11.9. The van der Waals surface area contributed by atoms with Gasteiger partial charge in [-0.2, -0.15) is 5.48 Å². The van der Waals surface area contributed by atoms with Crippen LogP contribution in [0.15, 0.2) is 53.0 Å². The van der Waals surface area contributed by atoms with Gasteiger partial charge >= 0.3 is 5.97 Å². The van der Waals surface area contributed by atoms with Crippen molar-refractivity contribution in [2.24, 2.45) is 0 Å². The van der Waals surface area contributed by atoms with Crippen molar-refractivity contribution in [3.63, 3.8) is 0 Å². The fourth-order valence-corrected chi connectivity index (χ4v) is 3.34. The van der Waals surface area contributed by atoms with Crippen molar-refractivity contribution in [3.05, 3.63) is 64.1 Å². The second kappa shape index (κ2) is 6.93. The smallest absolute Gasteiger partial charge is 0.337 e. The molecule has 0 aromatic heterocycles. The molecule has 24 heavy (non-hydrogen) atoms. The van der Waals surface area contributed by atoms with E-state index in [0.717, 1.165) is 21.3 Å². The van der Waals surface area contributed by atoms with Gasteiger partial charge in [0.1, 0.15) is 5.75 Å². The molecule has 1 heterocycles. The number of carbonyl (C=O) groups is 1. The number of esters is 1. The molecule has 1 fully saturated rings. The number of nitrogens with one attached hydrogen (secondary N) is 1. The molecule has 0 amide bonds. The zero-order chi connectivity index (χ0) is 17.2. The quantitative estimate of drug-likeness (QED) is 0.811. The standard InChI is InChI=1S/C18H18BrNO4/c1-22-15-8-6-12(7-9-15)18(13-4-3-5-14(19)10-13)11-16(24-20-18)17(21)23-2/h3-10,16,20H,11H2,1-2H3. The highest BCUT2D eigenvalue weighted by Gasteiger charge is 2.46. The number of hydroxylamine groups is 1. The molecular formula is C18H18BrNO4. The Balaban J connectivity index is 2.06. The zero-order valence-corrected chi connectivity index (χ0v) is 15.0. The van der Waals surface area contributed by atoms with E-state index in [0.29, 0.717) is 6.42 Å². The van der Waals surface area contributed by atoms with Crippen molar-refractivity contribution in [2.45, 2.75) is 18.1 Å². The van der Waals surface area contributed by atoms with E-state index in [1.54, 1.807) is 7.11 Å². The van der Waals surface area contributed by atoms with Crippen LogP contribution in [0.2, 0.25) is 0 Å². The van der Waals surface area contributed by atoms with Gasteiger partial charge in [0.05, 0.1) is 19.8 Å². The molecule has 1 aliphatic rings. The van der Waals surface area contributed by atoms with Crippen LogP contribution in [0.3, 0.4) is 0 Å². The Labute approximate surface area is 149 Å². The van der Waals surface area contributed by atoms with Crippen LogP contribution in [0.1, 0.15) is 17.5 Å². The van der Waals surface area contributed by atoms with Gasteiger partial charge in [0.25, 0.3) is 0 Å². The molecule has 1 N–H and O–H groups in total. The van der Waals surface area contributed by atoms with E-state index in [9.17, 15) is 4.79 Å².